The maximum Gasteiger partial charge on any atom is 0.266 e. The Morgan fingerprint density at radius 2 is 1.87 bits per heavy atom. The molecule has 0 heterocycles. The minimum absolute atomic E-state index is 0.0652. The summed E-state index contributed by atoms with van der Waals surface area (Å²) in [6.07, 6.45) is 1.04. The van der Waals surface area contributed by atoms with Crippen LogP contribution in [0.5, 0.6) is 0 Å². The fourth-order valence-electron chi connectivity index (χ4n) is 1.71. The Morgan fingerprint density at radius 1 is 1.13 bits per heavy atom. The average Bonchev–Trinajstić information content (AvgIpc) is 2.50. The molecule has 0 atom stereocenters. The molecule has 0 saturated carbocycles. The van der Waals surface area contributed by atoms with E-state index in [2.05, 4.69) is 5.32 Å². The first kappa shape index (κ1) is 16.9. The summed E-state index contributed by atoms with van der Waals surface area (Å²) in [5, 5.41) is 11.3. The van der Waals surface area contributed by atoms with Crippen molar-refractivity contribution in [1.29, 1.82) is 5.26 Å². The van der Waals surface area contributed by atoms with Crippen molar-refractivity contribution in [1.82, 2.24) is 0 Å². The Hall–Kier alpha value is -2.42. The highest BCUT2D eigenvalue weighted by molar-refractivity contribution is 6.32. The molecule has 2 rings (SSSR count). The molecule has 0 spiro atoms. The molecule has 0 fully saturated rings. The predicted octanol–water partition coefficient (Wildman–Crippen LogP) is 4.82. The summed E-state index contributed by atoms with van der Waals surface area (Å²) in [5.74, 6) is -2.10. The number of halogens is 4. The second-order valence-electron chi connectivity index (χ2n) is 4.39. The molecule has 23 heavy (non-hydrogen) atoms. The van der Waals surface area contributed by atoms with Crippen molar-refractivity contribution in [2.45, 2.75) is 0 Å². The van der Waals surface area contributed by atoms with E-state index in [0.717, 1.165) is 18.2 Å². The predicted molar refractivity (Wildman–Crippen MR) is 85.0 cm³/mol. The Morgan fingerprint density at radius 3 is 2.48 bits per heavy atom. The number of rotatable bonds is 3. The number of nitrogens with one attached hydrogen (secondary N) is 1. The van der Waals surface area contributed by atoms with E-state index in [1.165, 1.54) is 24.3 Å². The van der Waals surface area contributed by atoms with Crippen molar-refractivity contribution in [3.8, 4) is 6.07 Å². The summed E-state index contributed by atoms with van der Waals surface area (Å²) in [6, 6.07) is 9.21. The third kappa shape index (κ3) is 4.07. The summed E-state index contributed by atoms with van der Waals surface area (Å²) in [7, 11) is 0. The summed E-state index contributed by atoms with van der Waals surface area (Å²) in [5.41, 5.74) is -0.238. The smallest absolute Gasteiger partial charge is 0.266 e. The monoisotopic (exact) mass is 352 g/mol. The van der Waals surface area contributed by atoms with E-state index in [9.17, 15) is 13.6 Å². The molecule has 0 aliphatic rings. The fourth-order valence-corrected chi connectivity index (χ4v) is 2.11. The van der Waals surface area contributed by atoms with E-state index in [4.69, 9.17) is 28.5 Å². The Labute approximate surface area is 140 Å². The molecule has 1 N–H and O–H groups in total. The number of benzene rings is 2. The zero-order chi connectivity index (χ0) is 17.0. The van der Waals surface area contributed by atoms with Crippen LogP contribution in [0.4, 0.5) is 14.5 Å². The van der Waals surface area contributed by atoms with Crippen LogP contribution in [0.3, 0.4) is 0 Å². The number of nitrogens with zero attached hydrogens (tertiary/aromatic N) is 1. The lowest BCUT2D eigenvalue weighted by molar-refractivity contribution is -0.112. The van der Waals surface area contributed by atoms with Gasteiger partial charge in [-0.2, -0.15) is 5.26 Å². The molecule has 0 unspecified atom stereocenters. The number of anilines is 1. The van der Waals surface area contributed by atoms with Gasteiger partial charge in [-0.1, -0.05) is 29.3 Å². The molecule has 0 aliphatic heterocycles. The maximum atomic E-state index is 13.7. The number of hydrogen-bond donors (Lipinski definition) is 1. The van der Waals surface area contributed by atoms with Gasteiger partial charge in [-0.15, -0.1) is 0 Å². The van der Waals surface area contributed by atoms with Crippen molar-refractivity contribution in [3.63, 3.8) is 0 Å². The number of carbonyl (C=O) groups is 1. The summed E-state index contributed by atoms with van der Waals surface area (Å²) in [4.78, 5) is 12.1. The topological polar surface area (TPSA) is 52.9 Å². The standard InChI is InChI=1S/C16H8Cl2F2N2O/c17-12-2-1-3-14(19)11(12)6-9(8-21)16(23)22-10-4-5-15(20)13(18)7-10/h1-7H,(H,22,23)/b9-6+. The van der Waals surface area contributed by atoms with Crippen molar-refractivity contribution in [3.05, 3.63) is 69.2 Å². The molecule has 2 aromatic rings. The van der Waals surface area contributed by atoms with Crippen LogP contribution in [0.1, 0.15) is 5.56 Å². The second kappa shape index (κ2) is 7.23. The molecule has 0 radical (unpaired) electrons. The van der Waals surface area contributed by atoms with Gasteiger partial charge in [0.2, 0.25) is 0 Å². The van der Waals surface area contributed by atoms with Crippen LogP contribution in [0.2, 0.25) is 10.0 Å². The molecule has 0 bridgehead atoms. The van der Waals surface area contributed by atoms with Crippen LogP contribution >= 0.6 is 23.2 Å². The van der Waals surface area contributed by atoms with Crippen LogP contribution < -0.4 is 5.32 Å². The van der Waals surface area contributed by atoms with Gasteiger partial charge in [0, 0.05) is 11.3 Å². The molecule has 0 saturated heterocycles. The van der Waals surface area contributed by atoms with Crippen molar-refractivity contribution < 1.29 is 13.6 Å². The van der Waals surface area contributed by atoms with E-state index in [1.807, 2.05) is 0 Å². The lowest BCUT2D eigenvalue weighted by Crippen LogP contribution is -2.13. The highest BCUT2D eigenvalue weighted by atomic mass is 35.5. The fraction of sp³-hybridized carbons (Fsp3) is 0. The molecule has 0 aliphatic carbocycles. The summed E-state index contributed by atoms with van der Waals surface area (Å²) < 4.78 is 26.8. The zero-order valence-electron chi connectivity index (χ0n) is 11.4. The lowest BCUT2D eigenvalue weighted by Gasteiger charge is -2.06. The number of nitriles is 1. The second-order valence-corrected chi connectivity index (χ2v) is 5.20. The van der Waals surface area contributed by atoms with E-state index < -0.39 is 17.5 Å². The van der Waals surface area contributed by atoms with Gasteiger partial charge in [-0.05, 0) is 36.4 Å². The molecule has 2 aromatic carbocycles. The number of carbonyl (C=O) groups excluding carboxylic acids is 1. The normalized spacial score (nSPS) is 11.0. The average molecular weight is 353 g/mol. The van der Waals surface area contributed by atoms with Gasteiger partial charge >= 0.3 is 0 Å². The first-order valence-electron chi connectivity index (χ1n) is 6.24. The van der Waals surface area contributed by atoms with Gasteiger partial charge in [-0.3, -0.25) is 4.79 Å². The van der Waals surface area contributed by atoms with Crippen molar-refractivity contribution >= 4 is 40.9 Å². The maximum absolute atomic E-state index is 13.7. The van der Waals surface area contributed by atoms with Crippen LogP contribution in [0.25, 0.3) is 6.08 Å². The first-order valence-corrected chi connectivity index (χ1v) is 7.00. The molecule has 116 valence electrons. The van der Waals surface area contributed by atoms with Crippen LogP contribution in [0, 0.1) is 23.0 Å². The summed E-state index contributed by atoms with van der Waals surface area (Å²) >= 11 is 11.5. The quantitative estimate of drug-likeness (QED) is 0.636. The third-order valence-electron chi connectivity index (χ3n) is 2.83. The molecule has 0 aromatic heterocycles. The van der Waals surface area contributed by atoms with Gasteiger partial charge in [0.15, 0.2) is 0 Å². The highest BCUT2D eigenvalue weighted by Gasteiger charge is 2.13. The highest BCUT2D eigenvalue weighted by Crippen LogP contribution is 2.23. The number of amides is 1. The third-order valence-corrected chi connectivity index (χ3v) is 3.45. The van der Waals surface area contributed by atoms with Gasteiger partial charge in [0.05, 0.1) is 10.0 Å². The van der Waals surface area contributed by atoms with Crippen LogP contribution in [-0.4, -0.2) is 5.91 Å². The Balaban J connectivity index is 2.30. The van der Waals surface area contributed by atoms with E-state index in [1.54, 1.807) is 6.07 Å². The van der Waals surface area contributed by atoms with Crippen LogP contribution in [-0.2, 0) is 4.79 Å². The molecular formula is C16H8Cl2F2N2O. The SMILES string of the molecule is N#C/C(=C\c1c(F)cccc1Cl)C(=O)Nc1ccc(F)c(Cl)c1. The van der Waals surface area contributed by atoms with Gasteiger partial charge in [0.25, 0.3) is 5.91 Å². The van der Waals surface area contributed by atoms with Gasteiger partial charge in [0.1, 0.15) is 23.3 Å². The zero-order valence-corrected chi connectivity index (χ0v) is 12.9. The minimum Gasteiger partial charge on any atom is -0.321 e. The van der Waals surface area contributed by atoms with Gasteiger partial charge < -0.3 is 5.32 Å². The van der Waals surface area contributed by atoms with E-state index in [0.29, 0.717) is 0 Å². The molecule has 7 heteroatoms. The van der Waals surface area contributed by atoms with E-state index >= 15 is 0 Å². The van der Waals surface area contributed by atoms with E-state index in [-0.39, 0.29) is 26.9 Å². The lowest BCUT2D eigenvalue weighted by atomic mass is 10.1. The molecular weight excluding hydrogens is 345 g/mol. The molecule has 3 nitrogen and oxygen atoms in total. The minimum atomic E-state index is -0.797. The van der Waals surface area contributed by atoms with Gasteiger partial charge in [-0.25, -0.2) is 8.78 Å². The largest absolute Gasteiger partial charge is 0.321 e. The Kier molecular flexibility index (Phi) is 5.32. The van der Waals surface area contributed by atoms with Crippen molar-refractivity contribution in [2.75, 3.05) is 5.32 Å². The van der Waals surface area contributed by atoms with Crippen LogP contribution in [0.15, 0.2) is 42.0 Å². The molecule has 1 amide bonds. The Bertz CT molecular complexity index is 824. The number of hydrogen-bond acceptors (Lipinski definition) is 2. The first-order chi connectivity index (χ1) is 10.9. The van der Waals surface area contributed by atoms with Crippen molar-refractivity contribution in [2.24, 2.45) is 0 Å². The summed E-state index contributed by atoms with van der Waals surface area (Å²) in [6.45, 7) is 0.